The summed E-state index contributed by atoms with van der Waals surface area (Å²) in [5.41, 5.74) is 4.75. The van der Waals surface area contributed by atoms with E-state index in [4.69, 9.17) is 23.7 Å². The zero-order chi connectivity index (χ0) is 32.2. The van der Waals surface area contributed by atoms with Gasteiger partial charge in [-0.2, -0.15) is 0 Å². The number of benzene rings is 2. The van der Waals surface area contributed by atoms with E-state index in [9.17, 15) is 14.4 Å². The molecule has 1 aliphatic heterocycles. The van der Waals surface area contributed by atoms with Crippen LogP contribution in [0.5, 0.6) is 0 Å². The Balaban J connectivity index is 1.22. The average molecular weight is 621 g/mol. The smallest absolute Gasteiger partial charge is 0.338 e. The first-order chi connectivity index (χ1) is 21.8. The van der Waals surface area contributed by atoms with E-state index in [0.717, 1.165) is 29.9 Å². The lowest BCUT2D eigenvalue weighted by Gasteiger charge is -2.29. The van der Waals surface area contributed by atoms with Gasteiger partial charge in [0.25, 0.3) is 0 Å². The predicted octanol–water partition coefficient (Wildman–Crippen LogP) is 7.61. The fraction of sp³-hybridized carbons (Fsp3) is 0.541. The number of hydrogen-bond donors (Lipinski definition) is 0. The molecule has 1 heterocycles. The molecule has 0 amide bonds. The monoisotopic (exact) mass is 620 g/mol. The Labute approximate surface area is 267 Å². The normalized spacial score (nSPS) is 21.7. The highest BCUT2D eigenvalue weighted by molar-refractivity contribution is 5.87. The molecule has 0 bridgehead atoms. The van der Waals surface area contributed by atoms with Crippen LogP contribution in [0, 0.1) is 5.92 Å². The van der Waals surface area contributed by atoms with Gasteiger partial charge in [-0.3, -0.25) is 0 Å². The molecule has 2 aromatic rings. The quantitative estimate of drug-likeness (QED) is 0.0869. The van der Waals surface area contributed by atoms with Crippen LogP contribution in [0.3, 0.4) is 0 Å². The fourth-order valence-electron chi connectivity index (χ4n) is 6.15. The van der Waals surface area contributed by atoms with Crippen LogP contribution >= 0.6 is 0 Å². The Kier molecular flexibility index (Phi) is 13.2. The van der Waals surface area contributed by atoms with E-state index in [2.05, 4.69) is 30.8 Å². The minimum absolute atomic E-state index is 0.174. The molecule has 45 heavy (non-hydrogen) atoms. The minimum Gasteiger partial charge on any atom is -0.464 e. The molecular weight excluding hydrogens is 572 g/mol. The van der Waals surface area contributed by atoms with E-state index in [1.807, 2.05) is 24.3 Å². The van der Waals surface area contributed by atoms with Gasteiger partial charge >= 0.3 is 17.9 Å². The maximum atomic E-state index is 12.4. The van der Waals surface area contributed by atoms with Crippen molar-refractivity contribution in [1.82, 2.24) is 0 Å². The number of carbonyl (C=O) groups is 3. The van der Waals surface area contributed by atoms with Gasteiger partial charge in [-0.25, -0.2) is 14.4 Å². The van der Waals surface area contributed by atoms with Crippen LogP contribution in [0.4, 0.5) is 0 Å². The SMILES string of the molecule is C=C(C)C(=O)OCCCCCC[C@H]1CC[C@H](c2ccc(-c3ccc(C4O[C@@H](C(=O)OCC)[C@H](C(=O)OCC)O4)cc3)cc2)CC1. The number of unbranched alkanes of at least 4 members (excludes halogenated alkanes) is 3. The molecule has 0 unspecified atom stereocenters. The van der Waals surface area contributed by atoms with Gasteiger partial charge in [0.05, 0.1) is 19.8 Å². The zero-order valence-electron chi connectivity index (χ0n) is 27.0. The average Bonchev–Trinajstić information content (AvgIpc) is 3.51. The summed E-state index contributed by atoms with van der Waals surface area (Å²) in [6, 6.07) is 16.6. The van der Waals surface area contributed by atoms with Gasteiger partial charge in [-0.1, -0.05) is 80.8 Å². The Morgan fingerprint density at radius 2 is 1.22 bits per heavy atom. The van der Waals surface area contributed by atoms with E-state index < -0.39 is 30.4 Å². The Morgan fingerprint density at radius 1 is 0.711 bits per heavy atom. The molecule has 1 aliphatic carbocycles. The van der Waals surface area contributed by atoms with E-state index in [1.54, 1.807) is 20.8 Å². The summed E-state index contributed by atoms with van der Waals surface area (Å²) >= 11 is 0. The van der Waals surface area contributed by atoms with Crippen LogP contribution in [-0.4, -0.2) is 49.9 Å². The highest BCUT2D eigenvalue weighted by atomic mass is 16.8. The van der Waals surface area contributed by atoms with E-state index in [0.29, 0.717) is 23.7 Å². The van der Waals surface area contributed by atoms with Crippen LogP contribution in [0.25, 0.3) is 11.1 Å². The summed E-state index contributed by atoms with van der Waals surface area (Å²) in [5, 5.41) is 0. The number of hydrogen-bond acceptors (Lipinski definition) is 8. The van der Waals surface area contributed by atoms with Gasteiger partial charge in [0, 0.05) is 11.1 Å². The molecule has 8 heteroatoms. The second-order valence-corrected chi connectivity index (χ2v) is 12.0. The van der Waals surface area contributed by atoms with Gasteiger partial charge in [-0.05, 0) is 81.4 Å². The third-order valence-electron chi connectivity index (χ3n) is 8.69. The van der Waals surface area contributed by atoms with Crippen LogP contribution < -0.4 is 0 Å². The molecule has 2 atom stereocenters. The Bertz CT molecular complexity index is 1230. The van der Waals surface area contributed by atoms with Gasteiger partial charge < -0.3 is 23.7 Å². The predicted molar refractivity (Wildman–Crippen MR) is 171 cm³/mol. The van der Waals surface area contributed by atoms with Crippen LogP contribution in [-0.2, 0) is 38.1 Å². The molecule has 2 aromatic carbocycles. The van der Waals surface area contributed by atoms with E-state index in [-0.39, 0.29) is 19.2 Å². The molecule has 0 N–H and O–H groups in total. The lowest BCUT2D eigenvalue weighted by atomic mass is 9.77. The largest absolute Gasteiger partial charge is 0.464 e. The molecule has 2 aliphatic rings. The summed E-state index contributed by atoms with van der Waals surface area (Å²) < 4.78 is 27.0. The zero-order valence-corrected chi connectivity index (χ0v) is 27.0. The van der Waals surface area contributed by atoms with Crippen molar-refractivity contribution < 1.29 is 38.1 Å². The Morgan fingerprint density at radius 3 is 1.73 bits per heavy atom. The third-order valence-corrected chi connectivity index (χ3v) is 8.69. The van der Waals surface area contributed by atoms with Gasteiger partial charge in [-0.15, -0.1) is 0 Å². The van der Waals surface area contributed by atoms with Crippen molar-refractivity contribution in [1.29, 1.82) is 0 Å². The van der Waals surface area contributed by atoms with Crippen LogP contribution in [0.1, 0.15) is 102 Å². The standard InChI is InChI=1S/C37H48O8/c1-5-41-35(39)32-33(36(40)42-6-2)45-37(44-32)31-22-20-30(21-23-31)29-18-16-28(17-19-29)27-14-12-26(13-15-27)11-9-7-8-10-24-43-34(38)25(3)4/h16-23,26-27,32-33,37H,3,5-15,24H2,1-2,4H3/t26-,27-,32-,33-/m1/s1. The number of rotatable bonds is 15. The van der Waals surface area contributed by atoms with Crippen molar-refractivity contribution >= 4 is 17.9 Å². The number of esters is 3. The van der Waals surface area contributed by atoms with Crippen molar-refractivity contribution in [3.05, 3.63) is 71.8 Å². The highest BCUT2D eigenvalue weighted by Gasteiger charge is 2.47. The second-order valence-electron chi connectivity index (χ2n) is 12.0. The third kappa shape index (κ3) is 9.75. The highest BCUT2D eigenvalue weighted by Crippen LogP contribution is 2.39. The molecular formula is C37H48O8. The van der Waals surface area contributed by atoms with Crippen molar-refractivity contribution in [2.45, 2.75) is 103 Å². The fourth-order valence-corrected chi connectivity index (χ4v) is 6.15. The first kappa shape index (κ1) is 34.4. The maximum Gasteiger partial charge on any atom is 0.338 e. The molecule has 8 nitrogen and oxygen atoms in total. The van der Waals surface area contributed by atoms with Gasteiger partial charge in [0.15, 0.2) is 18.5 Å². The van der Waals surface area contributed by atoms with Crippen molar-refractivity contribution in [2.75, 3.05) is 19.8 Å². The number of ether oxygens (including phenoxy) is 5. The van der Waals surface area contributed by atoms with Crippen molar-refractivity contribution in [2.24, 2.45) is 5.92 Å². The summed E-state index contributed by atoms with van der Waals surface area (Å²) in [6.07, 6.45) is 7.55. The second kappa shape index (κ2) is 17.3. The molecule has 1 saturated carbocycles. The molecule has 2 fully saturated rings. The molecule has 4 rings (SSSR count). The first-order valence-electron chi connectivity index (χ1n) is 16.5. The Hall–Kier alpha value is -3.49. The van der Waals surface area contributed by atoms with Gasteiger partial charge in [0.2, 0.25) is 0 Å². The molecule has 0 spiro atoms. The van der Waals surface area contributed by atoms with Crippen molar-refractivity contribution in [3.63, 3.8) is 0 Å². The summed E-state index contributed by atoms with van der Waals surface area (Å²) in [7, 11) is 0. The van der Waals surface area contributed by atoms with Gasteiger partial charge in [0.1, 0.15) is 0 Å². The number of carbonyl (C=O) groups excluding carboxylic acids is 3. The maximum absolute atomic E-state index is 12.4. The molecule has 244 valence electrons. The molecule has 1 saturated heterocycles. The summed E-state index contributed by atoms with van der Waals surface area (Å²) in [6.45, 7) is 9.51. The first-order valence-corrected chi connectivity index (χ1v) is 16.5. The topological polar surface area (TPSA) is 97.4 Å². The van der Waals surface area contributed by atoms with Crippen LogP contribution in [0.2, 0.25) is 0 Å². The van der Waals surface area contributed by atoms with Crippen molar-refractivity contribution in [3.8, 4) is 11.1 Å². The minimum atomic E-state index is -1.17. The lowest BCUT2D eigenvalue weighted by molar-refractivity contribution is -0.163. The van der Waals surface area contributed by atoms with E-state index >= 15 is 0 Å². The molecule has 0 radical (unpaired) electrons. The van der Waals surface area contributed by atoms with Crippen LogP contribution in [0.15, 0.2) is 60.7 Å². The molecule has 0 aromatic heterocycles. The summed E-state index contributed by atoms with van der Waals surface area (Å²) in [4.78, 5) is 36.2. The summed E-state index contributed by atoms with van der Waals surface area (Å²) in [5.74, 6) is -0.155. The van der Waals surface area contributed by atoms with E-state index in [1.165, 1.54) is 50.5 Å². The lowest BCUT2D eigenvalue weighted by Crippen LogP contribution is -2.39.